The third kappa shape index (κ3) is 9.12. The molecule has 0 amide bonds. The lowest BCUT2D eigenvalue weighted by atomic mass is 10.2. The third-order valence-electron chi connectivity index (χ3n) is 2.03. The number of rotatable bonds is 4. The third-order valence-corrected chi connectivity index (χ3v) is 2.03. The van der Waals surface area contributed by atoms with E-state index in [4.69, 9.17) is 0 Å². The summed E-state index contributed by atoms with van der Waals surface area (Å²) >= 11 is 0. The number of carbonyl (C=O) groups is 1. The summed E-state index contributed by atoms with van der Waals surface area (Å²) in [4.78, 5) is 9.84. The van der Waals surface area contributed by atoms with Crippen molar-refractivity contribution in [1.82, 2.24) is 0 Å². The first-order valence-electron chi connectivity index (χ1n) is 4.95. The van der Waals surface area contributed by atoms with Crippen LogP contribution in [0.1, 0.15) is 39.0 Å². The lowest BCUT2D eigenvalue weighted by Gasteiger charge is -1.88. The number of esters is 1. The smallest absolute Gasteiger partial charge is 0.329 e. The molecule has 1 rings (SSSR count). The van der Waals surface area contributed by atoms with Crippen molar-refractivity contribution < 1.29 is 9.53 Å². The van der Waals surface area contributed by atoms with E-state index < -0.39 is 5.97 Å². The summed E-state index contributed by atoms with van der Waals surface area (Å²) in [6, 6.07) is 0. The summed E-state index contributed by atoms with van der Waals surface area (Å²) in [7, 11) is 1.31. The molecule has 0 aromatic rings. The van der Waals surface area contributed by atoms with Crippen LogP contribution in [0.25, 0.3) is 0 Å². The van der Waals surface area contributed by atoms with Gasteiger partial charge in [0, 0.05) is 6.08 Å². The zero-order valence-corrected chi connectivity index (χ0v) is 8.71. The molecule has 1 fully saturated rings. The van der Waals surface area contributed by atoms with Crippen molar-refractivity contribution in [2.24, 2.45) is 5.92 Å². The van der Waals surface area contributed by atoms with Gasteiger partial charge in [0.05, 0.1) is 7.11 Å². The molecule has 0 radical (unpaired) electrons. The number of hydrogen-bond acceptors (Lipinski definition) is 2. The van der Waals surface area contributed by atoms with E-state index in [1.165, 1.54) is 39.2 Å². The maximum Gasteiger partial charge on any atom is 0.329 e. The zero-order valence-electron chi connectivity index (χ0n) is 8.71. The highest BCUT2D eigenvalue weighted by atomic mass is 16.5. The topological polar surface area (TPSA) is 26.3 Å². The van der Waals surface area contributed by atoms with Crippen LogP contribution in [0.3, 0.4) is 0 Å². The van der Waals surface area contributed by atoms with Crippen molar-refractivity contribution in [2.45, 2.75) is 39.0 Å². The minimum Gasteiger partial charge on any atom is -0.466 e. The van der Waals surface area contributed by atoms with Crippen molar-refractivity contribution in [3.63, 3.8) is 0 Å². The molecule has 0 bridgehead atoms. The van der Waals surface area contributed by atoms with Gasteiger partial charge in [0.2, 0.25) is 0 Å². The van der Waals surface area contributed by atoms with Gasteiger partial charge in [0.25, 0.3) is 0 Å². The predicted octanol–water partition coefficient (Wildman–Crippen LogP) is 2.93. The first kappa shape index (κ1) is 12.2. The fraction of sp³-hybridized carbons (Fsp3) is 0.727. The molecule has 2 heteroatoms. The van der Waals surface area contributed by atoms with Crippen LogP contribution in [0.5, 0.6) is 0 Å². The second-order valence-electron chi connectivity index (χ2n) is 3.31. The van der Waals surface area contributed by atoms with Gasteiger partial charge in [0.1, 0.15) is 0 Å². The SMILES string of the molecule is C=CC(=O)OC.CCCCC1CC1. The van der Waals surface area contributed by atoms with E-state index in [1.54, 1.807) is 0 Å². The van der Waals surface area contributed by atoms with E-state index in [1.807, 2.05) is 0 Å². The molecule has 1 aliphatic rings. The van der Waals surface area contributed by atoms with Crippen LogP contribution in [0.4, 0.5) is 0 Å². The van der Waals surface area contributed by atoms with Gasteiger partial charge in [-0.25, -0.2) is 4.79 Å². The largest absolute Gasteiger partial charge is 0.466 e. The second-order valence-corrected chi connectivity index (χ2v) is 3.31. The van der Waals surface area contributed by atoms with Crippen LogP contribution in [0, 0.1) is 5.92 Å². The molecule has 0 spiro atoms. The summed E-state index contributed by atoms with van der Waals surface area (Å²) in [5, 5.41) is 0. The minimum atomic E-state index is -0.394. The van der Waals surface area contributed by atoms with Gasteiger partial charge in [-0.2, -0.15) is 0 Å². The van der Waals surface area contributed by atoms with Crippen molar-refractivity contribution >= 4 is 5.97 Å². The van der Waals surface area contributed by atoms with E-state index in [9.17, 15) is 4.79 Å². The van der Waals surface area contributed by atoms with Gasteiger partial charge in [-0.05, 0) is 5.92 Å². The molecule has 1 saturated carbocycles. The predicted molar refractivity (Wildman–Crippen MR) is 54.5 cm³/mol. The lowest BCUT2D eigenvalue weighted by molar-refractivity contribution is -0.134. The molecule has 1 aliphatic carbocycles. The molecule has 2 nitrogen and oxygen atoms in total. The summed E-state index contributed by atoms with van der Waals surface area (Å²) in [5.41, 5.74) is 0. The van der Waals surface area contributed by atoms with E-state index in [0.717, 1.165) is 12.0 Å². The molecular weight excluding hydrogens is 164 g/mol. The van der Waals surface area contributed by atoms with Crippen LogP contribution < -0.4 is 0 Å². The normalized spacial score (nSPS) is 14.0. The maximum atomic E-state index is 9.84. The Bertz CT molecular complexity index is 148. The van der Waals surface area contributed by atoms with E-state index in [2.05, 4.69) is 18.2 Å². The first-order chi connectivity index (χ1) is 6.24. The highest BCUT2D eigenvalue weighted by Gasteiger charge is 2.19. The van der Waals surface area contributed by atoms with Gasteiger partial charge in [0.15, 0.2) is 0 Å². The van der Waals surface area contributed by atoms with Crippen molar-refractivity contribution in [3.8, 4) is 0 Å². The quantitative estimate of drug-likeness (QED) is 0.496. The molecule has 0 aromatic heterocycles. The summed E-state index contributed by atoms with van der Waals surface area (Å²) in [6.45, 7) is 5.42. The maximum absolute atomic E-state index is 9.84. The average Bonchev–Trinajstić information content (AvgIpc) is 2.98. The van der Waals surface area contributed by atoms with E-state index in [0.29, 0.717) is 0 Å². The van der Waals surface area contributed by atoms with Gasteiger partial charge in [-0.1, -0.05) is 45.6 Å². The first-order valence-corrected chi connectivity index (χ1v) is 4.95. The van der Waals surface area contributed by atoms with Crippen molar-refractivity contribution in [2.75, 3.05) is 7.11 Å². The standard InChI is InChI=1S/C7H14.C4H6O2/c1-2-3-4-7-5-6-7;1-3-4(5)6-2/h7H,2-6H2,1H3;3H,1H2,2H3. The van der Waals surface area contributed by atoms with Gasteiger partial charge in [-0.15, -0.1) is 0 Å². The van der Waals surface area contributed by atoms with Crippen LogP contribution in [0.2, 0.25) is 0 Å². The molecule has 13 heavy (non-hydrogen) atoms. The number of ether oxygens (including phenoxy) is 1. The van der Waals surface area contributed by atoms with Crippen LogP contribution in [-0.2, 0) is 9.53 Å². The minimum absolute atomic E-state index is 0.394. The van der Waals surface area contributed by atoms with Crippen LogP contribution in [0.15, 0.2) is 12.7 Å². The molecule has 0 aromatic carbocycles. The van der Waals surface area contributed by atoms with Gasteiger partial charge in [-0.3, -0.25) is 0 Å². The van der Waals surface area contributed by atoms with Crippen LogP contribution >= 0.6 is 0 Å². The number of hydrogen-bond donors (Lipinski definition) is 0. The summed E-state index contributed by atoms with van der Waals surface area (Å²) in [5.74, 6) is 0.759. The van der Waals surface area contributed by atoms with E-state index in [-0.39, 0.29) is 0 Å². The Morgan fingerprint density at radius 2 is 2.23 bits per heavy atom. The van der Waals surface area contributed by atoms with Gasteiger partial charge < -0.3 is 4.74 Å². The Labute approximate surface area is 81.0 Å². The zero-order chi connectivity index (χ0) is 10.1. The Morgan fingerprint density at radius 3 is 2.46 bits per heavy atom. The molecular formula is C11H20O2. The average molecular weight is 184 g/mol. The van der Waals surface area contributed by atoms with Crippen molar-refractivity contribution in [1.29, 1.82) is 0 Å². The second kappa shape index (κ2) is 7.84. The number of unbranched alkanes of at least 4 members (excludes halogenated alkanes) is 1. The van der Waals surface area contributed by atoms with Gasteiger partial charge >= 0.3 is 5.97 Å². The Balaban J connectivity index is 0.000000226. The Kier molecular flexibility index (Phi) is 7.36. The highest BCUT2D eigenvalue weighted by Crippen LogP contribution is 2.33. The summed E-state index contributed by atoms with van der Waals surface area (Å²) in [6.07, 6.45) is 8.53. The molecule has 0 atom stereocenters. The molecule has 0 saturated heterocycles. The molecule has 0 N–H and O–H groups in total. The molecule has 76 valence electrons. The number of methoxy groups -OCH3 is 1. The molecule has 0 unspecified atom stereocenters. The monoisotopic (exact) mass is 184 g/mol. The lowest BCUT2D eigenvalue weighted by Crippen LogP contribution is -1.91. The fourth-order valence-electron chi connectivity index (χ4n) is 0.983. The number of carbonyl (C=O) groups excluding carboxylic acids is 1. The Morgan fingerprint density at radius 1 is 1.62 bits per heavy atom. The highest BCUT2D eigenvalue weighted by molar-refractivity contribution is 5.80. The molecule has 0 aliphatic heterocycles. The van der Waals surface area contributed by atoms with Crippen molar-refractivity contribution in [3.05, 3.63) is 12.7 Å². The van der Waals surface area contributed by atoms with Crippen LogP contribution in [-0.4, -0.2) is 13.1 Å². The summed E-state index contributed by atoms with van der Waals surface area (Å²) < 4.78 is 4.14. The Hall–Kier alpha value is -0.790. The fourth-order valence-corrected chi connectivity index (χ4v) is 0.983. The molecule has 0 heterocycles. The van der Waals surface area contributed by atoms with E-state index >= 15 is 0 Å².